The van der Waals surface area contributed by atoms with Crippen molar-refractivity contribution < 1.29 is 0 Å². The Morgan fingerprint density at radius 3 is 3.07 bits per heavy atom. The van der Waals surface area contributed by atoms with Crippen molar-refractivity contribution in [3.05, 3.63) is 23.4 Å². The van der Waals surface area contributed by atoms with Gasteiger partial charge < -0.3 is 5.01 Å². The zero-order chi connectivity index (χ0) is 9.54. The number of fused-ring (bicyclic) bond motifs is 2. The number of allylic oxidation sites excluding steroid dienone is 2. The second kappa shape index (κ2) is 3.13. The molecule has 1 saturated carbocycles. The van der Waals surface area contributed by atoms with Crippen molar-refractivity contribution in [3.8, 4) is 0 Å². The van der Waals surface area contributed by atoms with E-state index in [0.29, 0.717) is 6.04 Å². The largest absolute Gasteiger partial charge is 0.307 e. The van der Waals surface area contributed by atoms with Gasteiger partial charge >= 0.3 is 0 Å². The molecule has 1 fully saturated rings. The van der Waals surface area contributed by atoms with Gasteiger partial charge in [-0.25, -0.2) is 5.84 Å². The summed E-state index contributed by atoms with van der Waals surface area (Å²) in [6, 6.07) is 0.622. The summed E-state index contributed by atoms with van der Waals surface area (Å²) in [5.41, 5.74) is 2.99. The van der Waals surface area contributed by atoms with Crippen molar-refractivity contribution >= 4 is 0 Å². The molecule has 2 atom stereocenters. The summed E-state index contributed by atoms with van der Waals surface area (Å²) in [5.74, 6) is 6.95. The first kappa shape index (κ1) is 8.54. The summed E-state index contributed by atoms with van der Waals surface area (Å²) < 4.78 is 0. The molecule has 0 aromatic heterocycles. The Kier molecular flexibility index (Phi) is 1.91. The van der Waals surface area contributed by atoms with Crippen LogP contribution in [0.15, 0.2) is 23.4 Å². The molecule has 0 aromatic rings. The molecule has 1 aliphatic heterocycles. The van der Waals surface area contributed by atoms with Gasteiger partial charge in [0.15, 0.2) is 0 Å². The third kappa shape index (κ3) is 1.07. The normalized spacial score (nSPS) is 35.9. The van der Waals surface area contributed by atoms with Crippen LogP contribution in [0.4, 0.5) is 0 Å². The van der Waals surface area contributed by atoms with Crippen LogP contribution in [0.1, 0.15) is 38.5 Å². The number of hydrazine groups is 1. The molecule has 0 aromatic carbocycles. The van der Waals surface area contributed by atoms with Crippen LogP contribution in [0.2, 0.25) is 0 Å². The standard InChI is InChI=1S/C12H18N2/c13-14-11-7-3-1-5-9(11)10-6-2-4-8-12(10)14/h3,7,10,12H,1-2,4-6,8,13H2. The van der Waals surface area contributed by atoms with Crippen molar-refractivity contribution in [2.45, 2.75) is 44.6 Å². The number of rotatable bonds is 0. The monoisotopic (exact) mass is 190 g/mol. The summed E-state index contributed by atoms with van der Waals surface area (Å²) in [4.78, 5) is 0. The van der Waals surface area contributed by atoms with E-state index in [4.69, 9.17) is 5.84 Å². The van der Waals surface area contributed by atoms with Crippen LogP contribution in [0.25, 0.3) is 0 Å². The maximum Gasteiger partial charge on any atom is 0.0518 e. The Balaban J connectivity index is 1.96. The van der Waals surface area contributed by atoms with Crippen molar-refractivity contribution in [2.24, 2.45) is 11.8 Å². The van der Waals surface area contributed by atoms with E-state index in [-0.39, 0.29) is 0 Å². The van der Waals surface area contributed by atoms with E-state index in [1.54, 1.807) is 5.57 Å². The van der Waals surface area contributed by atoms with Gasteiger partial charge in [0.25, 0.3) is 0 Å². The van der Waals surface area contributed by atoms with Crippen LogP contribution in [-0.2, 0) is 0 Å². The third-order valence-corrected chi connectivity index (χ3v) is 4.00. The summed E-state index contributed by atoms with van der Waals surface area (Å²) in [6.07, 6.45) is 12.4. The van der Waals surface area contributed by atoms with E-state index in [1.807, 2.05) is 0 Å². The van der Waals surface area contributed by atoms with Crippen LogP contribution in [-0.4, -0.2) is 11.1 Å². The third-order valence-electron chi connectivity index (χ3n) is 4.00. The lowest BCUT2D eigenvalue weighted by Gasteiger charge is -2.31. The minimum absolute atomic E-state index is 0.622. The maximum atomic E-state index is 6.17. The topological polar surface area (TPSA) is 29.3 Å². The smallest absolute Gasteiger partial charge is 0.0518 e. The highest BCUT2D eigenvalue weighted by atomic mass is 15.4. The van der Waals surface area contributed by atoms with Crippen LogP contribution < -0.4 is 5.84 Å². The Morgan fingerprint density at radius 1 is 1.29 bits per heavy atom. The molecule has 2 nitrogen and oxygen atoms in total. The Labute approximate surface area is 85.4 Å². The molecule has 2 N–H and O–H groups in total. The lowest BCUT2D eigenvalue weighted by Crippen LogP contribution is -2.40. The lowest BCUT2D eigenvalue weighted by molar-refractivity contribution is 0.195. The summed E-state index contributed by atoms with van der Waals surface area (Å²) in [6.45, 7) is 0. The lowest BCUT2D eigenvalue weighted by atomic mass is 9.80. The van der Waals surface area contributed by atoms with E-state index in [1.165, 1.54) is 44.2 Å². The van der Waals surface area contributed by atoms with E-state index in [9.17, 15) is 0 Å². The van der Waals surface area contributed by atoms with Gasteiger partial charge in [0.1, 0.15) is 0 Å². The Morgan fingerprint density at radius 2 is 2.14 bits per heavy atom. The fourth-order valence-corrected chi connectivity index (χ4v) is 3.33. The molecule has 14 heavy (non-hydrogen) atoms. The van der Waals surface area contributed by atoms with Gasteiger partial charge in [0.2, 0.25) is 0 Å². The SMILES string of the molecule is NN1C2=C(CCC=C2)C2CCCCC21. The fourth-order valence-electron chi connectivity index (χ4n) is 3.33. The predicted octanol–water partition coefficient (Wildman–Crippen LogP) is 2.34. The summed E-state index contributed by atoms with van der Waals surface area (Å²) in [7, 11) is 0. The van der Waals surface area contributed by atoms with E-state index < -0.39 is 0 Å². The highest BCUT2D eigenvalue weighted by Crippen LogP contribution is 2.44. The van der Waals surface area contributed by atoms with Gasteiger partial charge in [0.05, 0.1) is 11.7 Å². The highest BCUT2D eigenvalue weighted by molar-refractivity contribution is 5.35. The first-order valence-corrected chi connectivity index (χ1v) is 5.81. The zero-order valence-electron chi connectivity index (χ0n) is 8.58. The number of nitrogens with zero attached hydrogens (tertiary/aromatic N) is 1. The molecular formula is C12H18N2. The highest BCUT2D eigenvalue weighted by Gasteiger charge is 2.39. The molecule has 1 heterocycles. The summed E-state index contributed by atoms with van der Waals surface area (Å²) >= 11 is 0. The predicted molar refractivity (Wildman–Crippen MR) is 57.2 cm³/mol. The Bertz CT molecular complexity index is 303. The van der Waals surface area contributed by atoms with Crippen molar-refractivity contribution in [1.29, 1.82) is 0 Å². The minimum atomic E-state index is 0.622. The molecule has 0 saturated heterocycles. The first-order chi connectivity index (χ1) is 6.88. The molecular weight excluding hydrogens is 172 g/mol. The zero-order valence-corrected chi connectivity index (χ0v) is 8.58. The molecule has 2 aliphatic carbocycles. The van der Waals surface area contributed by atoms with Gasteiger partial charge in [-0.2, -0.15) is 0 Å². The minimum Gasteiger partial charge on any atom is -0.307 e. The number of hydrogen-bond acceptors (Lipinski definition) is 2. The van der Waals surface area contributed by atoms with E-state index >= 15 is 0 Å². The summed E-state index contributed by atoms with van der Waals surface area (Å²) in [5, 5.41) is 2.05. The molecule has 3 aliphatic rings. The number of hydrogen-bond donors (Lipinski definition) is 1. The van der Waals surface area contributed by atoms with Gasteiger partial charge in [0, 0.05) is 5.92 Å². The average Bonchev–Trinajstić information content (AvgIpc) is 2.55. The molecule has 2 heteroatoms. The average molecular weight is 190 g/mol. The van der Waals surface area contributed by atoms with E-state index in [0.717, 1.165) is 5.92 Å². The van der Waals surface area contributed by atoms with Crippen LogP contribution in [0, 0.1) is 5.92 Å². The fraction of sp³-hybridized carbons (Fsp3) is 0.667. The van der Waals surface area contributed by atoms with Crippen LogP contribution in [0.3, 0.4) is 0 Å². The van der Waals surface area contributed by atoms with Gasteiger partial charge in [-0.1, -0.05) is 18.9 Å². The first-order valence-electron chi connectivity index (χ1n) is 5.81. The second-order valence-electron chi connectivity index (χ2n) is 4.72. The van der Waals surface area contributed by atoms with Crippen molar-refractivity contribution in [1.82, 2.24) is 5.01 Å². The second-order valence-corrected chi connectivity index (χ2v) is 4.72. The van der Waals surface area contributed by atoms with Gasteiger partial charge in [-0.05, 0) is 37.3 Å². The van der Waals surface area contributed by atoms with Crippen molar-refractivity contribution in [2.75, 3.05) is 0 Å². The van der Waals surface area contributed by atoms with Gasteiger partial charge in [-0.15, -0.1) is 0 Å². The van der Waals surface area contributed by atoms with E-state index in [2.05, 4.69) is 17.2 Å². The molecule has 0 radical (unpaired) electrons. The number of nitrogens with two attached hydrogens (primary N) is 1. The molecule has 0 spiro atoms. The van der Waals surface area contributed by atoms with Crippen LogP contribution >= 0.6 is 0 Å². The molecule has 0 amide bonds. The quantitative estimate of drug-likeness (QED) is 0.594. The maximum absolute atomic E-state index is 6.17. The Hall–Kier alpha value is -0.760. The van der Waals surface area contributed by atoms with Gasteiger partial charge in [-0.3, -0.25) is 0 Å². The molecule has 76 valence electrons. The molecule has 2 unspecified atom stereocenters. The van der Waals surface area contributed by atoms with Crippen LogP contribution in [0.5, 0.6) is 0 Å². The van der Waals surface area contributed by atoms with Crippen molar-refractivity contribution in [3.63, 3.8) is 0 Å². The molecule has 3 rings (SSSR count). The molecule has 0 bridgehead atoms.